The summed E-state index contributed by atoms with van der Waals surface area (Å²) in [6.07, 6.45) is 8.61. The van der Waals surface area contributed by atoms with Gasteiger partial charge in [0.1, 0.15) is 5.78 Å². The maximum Gasteiger partial charge on any atom is 0.157 e. The van der Waals surface area contributed by atoms with Crippen molar-refractivity contribution < 1.29 is 15.0 Å². The molecule has 1 aliphatic heterocycles. The van der Waals surface area contributed by atoms with E-state index in [4.69, 9.17) is 0 Å². The Morgan fingerprint density at radius 2 is 1.93 bits per heavy atom. The first-order valence-corrected chi connectivity index (χ1v) is 10.1. The molecule has 0 radical (unpaired) electrons. The molecule has 3 fully saturated rings. The molecule has 1 aromatic heterocycles. The summed E-state index contributed by atoms with van der Waals surface area (Å²) in [6, 6.07) is 8.33. The van der Waals surface area contributed by atoms with Crippen LogP contribution in [-0.2, 0) is 4.79 Å². The van der Waals surface area contributed by atoms with E-state index in [9.17, 15) is 15.0 Å². The number of imidazole rings is 1. The second kappa shape index (κ2) is 6.01. The van der Waals surface area contributed by atoms with Gasteiger partial charge in [-0.15, -0.1) is 0 Å². The number of hydrogen-bond donors (Lipinski definition) is 2. The highest BCUT2D eigenvalue weighted by Crippen LogP contribution is 2.56. The van der Waals surface area contributed by atoms with E-state index < -0.39 is 11.7 Å². The summed E-state index contributed by atoms with van der Waals surface area (Å²) in [5.74, 6) is 0.340. The second-order valence-electron chi connectivity index (χ2n) is 8.79. The van der Waals surface area contributed by atoms with E-state index in [1.165, 1.54) is 11.1 Å². The molecule has 2 N–H and O–H groups in total. The van der Waals surface area contributed by atoms with Gasteiger partial charge in [0.05, 0.1) is 24.3 Å². The van der Waals surface area contributed by atoms with E-state index in [-0.39, 0.29) is 11.5 Å². The van der Waals surface area contributed by atoms with Crippen molar-refractivity contribution in [1.82, 2.24) is 9.55 Å². The van der Waals surface area contributed by atoms with Gasteiger partial charge in [0, 0.05) is 22.8 Å². The van der Waals surface area contributed by atoms with Gasteiger partial charge in [0.15, 0.2) is 6.29 Å². The van der Waals surface area contributed by atoms with Gasteiger partial charge in [0.25, 0.3) is 0 Å². The fourth-order valence-corrected chi connectivity index (χ4v) is 5.84. The Hall–Kier alpha value is -1.98. The van der Waals surface area contributed by atoms with Crippen LogP contribution in [-0.4, -0.2) is 31.8 Å². The number of carbonyl (C=O) groups is 1. The van der Waals surface area contributed by atoms with E-state index in [0.717, 1.165) is 50.6 Å². The molecule has 142 valence electrons. The third-order valence-electron chi connectivity index (χ3n) is 7.65. The van der Waals surface area contributed by atoms with Crippen LogP contribution in [0.1, 0.15) is 63.0 Å². The van der Waals surface area contributed by atoms with E-state index >= 15 is 0 Å². The SMILES string of the molecule is O=C(CC1c2ccccc2-c2cncn21)C12CCCC(C(O)O)(CC1)CC2. The highest BCUT2D eigenvalue weighted by Gasteiger charge is 2.52. The molecule has 2 bridgehead atoms. The number of benzene rings is 1. The molecule has 27 heavy (non-hydrogen) atoms. The fraction of sp³-hybridized carbons (Fsp3) is 0.545. The zero-order valence-electron chi connectivity index (χ0n) is 15.5. The van der Waals surface area contributed by atoms with Crippen LogP contribution >= 0.6 is 0 Å². The molecular weight excluding hydrogens is 340 g/mol. The van der Waals surface area contributed by atoms with E-state index in [1.54, 1.807) is 0 Å². The van der Waals surface area contributed by atoms with Crippen molar-refractivity contribution in [2.45, 2.75) is 63.7 Å². The third-order valence-corrected chi connectivity index (χ3v) is 7.65. The van der Waals surface area contributed by atoms with Crippen molar-refractivity contribution in [1.29, 1.82) is 0 Å². The summed E-state index contributed by atoms with van der Waals surface area (Å²) in [4.78, 5) is 17.8. The van der Waals surface area contributed by atoms with Gasteiger partial charge >= 0.3 is 0 Å². The first-order valence-electron chi connectivity index (χ1n) is 10.1. The largest absolute Gasteiger partial charge is 0.368 e. The summed E-state index contributed by atoms with van der Waals surface area (Å²) in [5.41, 5.74) is 2.81. The average Bonchev–Trinajstić information content (AvgIpc) is 3.12. The van der Waals surface area contributed by atoms with Crippen LogP contribution < -0.4 is 0 Å². The van der Waals surface area contributed by atoms with Crippen molar-refractivity contribution in [3.8, 4) is 11.3 Å². The Labute approximate surface area is 159 Å². The van der Waals surface area contributed by atoms with Crippen LogP contribution in [0.5, 0.6) is 0 Å². The fourth-order valence-electron chi connectivity index (χ4n) is 5.84. The van der Waals surface area contributed by atoms with Crippen LogP contribution in [0.3, 0.4) is 0 Å². The van der Waals surface area contributed by atoms with E-state index in [2.05, 4.69) is 21.7 Å². The number of Topliss-reactive ketones (excluding diaryl/α,β-unsaturated/α-hetero) is 1. The molecular formula is C22H26N2O3. The van der Waals surface area contributed by atoms with Crippen molar-refractivity contribution in [2.24, 2.45) is 10.8 Å². The summed E-state index contributed by atoms with van der Waals surface area (Å²) in [7, 11) is 0. The van der Waals surface area contributed by atoms with Crippen molar-refractivity contribution >= 4 is 5.78 Å². The minimum Gasteiger partial charge on any atom is -0.368 e. The molecule has 1 aromatic carbocycles. The van der Waals surface area contributed by atoms with Gasteiger partial charge in [-0.05, 0) is 44.1 Å². The smallest absolute Gasteiger partial charge is 0.157 e. The normalized spacial score (nSPS) is 31.6. The number of aliphatic hydroxyl groups excluding tert-OH is 1. The maximum atomic E-state index is 13.5. The first-order chi connectivity index (χ1) is 13.0. The average molecular weight is 366 g/mol. The molecule has 0 saturated heterocycles. The number of fused-ring (bicyclic) bond motifs is 7. The molecule has 2 heterocycles. The van der Waals surface area contributed by atoms with Gasteiger partial charge in [-0.3, -0.25) is 4.79 Å². The number of ketones is 1. The molecule has 5 heteroatoms. The number of aliphatic hydroxyl groups is 2. The minimum absolute atomic E-state index is 0.0268. The molecule has 5 nitrogen and oxygen atoms in total. The summed E-state index contributed by atoms with van der Waals surface area (Å²) in [5, 5.41) is 19.8. The monoisotopic (exact) mass is 366 g/mol. The lowest BCUT2D eigenvalue weighted by molar-refractivity contribution is -0.159. The number of aromatic nitrogens is 2. The predicted octanol–water partition coefficient (Wildman–Crippen LogP) is 3.45. The molecule has 2 aromatic rings. The van der Waals surface area contributed by atoms with Gasteiger partial charge in [-0.2, -0.15) is 0 Å². The summed E-state index contributed by atoms with van der Waals surface area (Å²) in [6.45, 7) is 0. The first kappa shape index (κ1) is 17.1. The third kappa shape index (κ3) is 2.44. The molecule has 0 spiro atoms. The summed E-state index contributed by atoms with van der Waals surface area (Å²) < 4.78 is 2.14. The quantitative estimate of drug-likeness (QED) is 0.813. The lowest BCUT2D eigenvalue weighted by Gasteiger charge is -2.43. The number of carbonyl (C=O) groups excluding carboxylic acids is 1. The topological polar surface area (TPSA) is 75.4 Å². The Balaban J connectivity index is 1.42. The molecule has 0 amide bonds. The maximum absolute atomic E-state index is 13.5. The molecule has 4 aliphatic rings. The molecule has 6 rings (SSSR count). The Kier molecular flexibility index (Phi) is 3.82. The van der Waals surface area contributed by atoms with E-state index in [0.29, 0.717) is 12.2 Å². The van der Waals surface area contributed by atoms with Crippen LogP contribution in [0.15, 0.2) is 36.8 Å². The minimum atomic E-state index is -1.26. The highest BCUT2D eigenvalue weighted by atomic mass is 16.5. The van der Waals surface area contributed by atoms with Gasteiger partial charge < -0.3 is 14.8 Å². The Bertz CT molecular complexity index is 877. The molecule has 3 saturated carbocycles. The standard InChI is InChI=1S/C22H26N2O3/c25-19(21-6-3-7-22(10-8-21,11-9-21)20(26)27)12-17-15-4-1-2-5-16(15)18-13-23-14-24(17)18/h1-2,4-5,13-14,17,20,26-27H,3,6-12H2. The van der Waals surface area contributed by atoms with Crippen LogP contribution in [0.4, 0.5) is 0 Å². The van der Waals surface area contributed by atoms with Crippen molar-refractivity contribution in [3.63, 3.8) is 0 Å². The zero-order chi connectivity index (χ0) is 18.6. The van der Waals surface area contributed by atoms with Crippen LogP contribution in [0, 0.1) is 10.8 Å². The number of hydrogen-bond acceptors (Lipinski definition) is 4. The Morgan fingerprint density at radius 1 is 1.15 bits per heavy atom. The molecule has 1 atom stereocenters. The number of nitrogens with zero attached hydrogens (tertiary/aromatic N) is 2. The van der Waals surface area contributed by atoms with Gasteiger partial charge in [0.2, 0.25) is 0 Å². The van der Waals surface area contributed by atoms with Crippen LogP contribution in [0.2, 0.25) is 0 Å². The summed E-state index contributed by atoms with van der Waals surface area (Å²) >= 11 is 0. The molecule has 3 aliphatic carbocycles. The second-order valence-corrected chi connectivity index (χ2v) is 8.79. The Morgan fingerprint density at radius 3 is 2.70 bits per heavy atom. The lowest BCUT2D eigenvalue weighted by atomic mass is 9.62. The molecule has 1 unspecified atom stereocenters. The highest BCUT2D eigenvalue weighted by molar-refractivity contribution is 5.86. The van der Waals surface area contributed by atoms with Crippen molar-refractivity contribution in [2.75, 3.05) is 0 Å². The predicted molar refractivity (Wildman–Crippen MR) is 101 cm³/mol. The van der Waals surface area contributed by atoms with Crippen molar-refractivity contribution in [3.05, 3.63) is 42.4 Å². The van der Waals surface area contributed by atoms with Gasteiger partial charge in [-0.25, -0.2) is 4.98 Å². The lowest BCUT2D eigenvalue weighted by Crippen LogP contribution is -2.42. The van der Waals surface area contributed by atoms with E-state index in [1.807, 2.05) is 24.7 Å². The zero-order valence-corrected chi connectivity index (χ0v) is 15.5. The van der Waals surface area contributed by atoms with Crippen LogP contribution in [0.25, 0.3) is 11.3 Å². The van der Waals surface area contributed by atoms with Gasteiger partial charge in [-0.1, -0.05) is 30.7 Å². The number of rotatable bonds is 4.